The van der Waals surface area contributed by atoms with E-state index in [0.717, 1.165) is 31.4 Å². The van der Waals surface area contributed by atoms with Crippen molar-refractivity contribution in [3.05, 3.63) is 28.2 Å². The average Bonchev–Trinajstić information content (AvgIpc) is 3.36. The quantitative estimate of drug-likeness (QED) is 0.838. The molecule has 1 heterocycles. The highest BCUT2D eigenvalue weighted by Gasteiger charge is 2.27. The molecule has 0 N–H and O–H groups in total. The molecular weight excluding hydrogens is 278 g/mol. The van der Waals surface area contributed by atoms with Crippen LogP contribution in [0, 0.1) is 0 Å². The Hall–Kier alpha value is -1.65. The second-order valence-corrected chi connectivity index (χ2v) is 6.50. The van der Waals surface area contributed by atoms with Crippen LogP contribution < -0.4 is 5.56 Å². The molecule has 2 aliphatic carbocycles. The van der Waals surface area contributed by atoms with Gasteiger partial charge >= 0.3 is 0 Å². The lowest BCUT2D eigenvalue weighted by Crippen LogP contribution is -2.44. The van der Waals surface area contributed by atoms with E-state index in [0.29, 0.717) is 18.5 Å². The van der Waals surface area contributed by atoms with Crippen LogP contribution in [0.2, 0.25) is 0 Å². The zero-order valence-corrected chi connectivity index (χ0v) is 13.3. The van der Waals surface area contributed by atoms with Gasteiger partial charge < -0.3 is 4.90 Å². The molecule has 0 aliphatic heterocycles. The van der Waals surface area contributed by atoms with E-state index in [-0.39, 0.29) is 18.0 Å². The lowest BCUT2D eigenvalue weighted by molar-refractivity contribution is -0.134. The smallest absolute Gasteiger partial charge is 0.267 e. The van der Waals surface area contributed by atoms with Gasteiger partial charge in [0.25, 0.3) is 5.56 Å². The number of nitrogens with zero attached hydrogens (tertiary/aromatic N) is 3. The fourth-order valence-corrected chi connectivity index (χ4v) is 3.42. The number of amides is 1. The maximum absolute atomic E-state index is 12.6. The molecule has 0 unspecified atom stereocenters. The Bertz CT molecular complexity index is 586. The van der Waals surface area contributed by atoms with E-state index in [1.165, 1.54) is 23.9 Å². The predicted octanol–water partition coefficient (Wildman–Crippen LogP) is 2.30. The topological polar surface area (TPSA) is 55.2 Å². The minimum atomic E-state index is -0.183. The van der Waals surface area contributed by atoms with Crippen LogP contribution in [0.4, 0.5) is 0 Å². The van der Waals surface area contributed by atoms with Gasteiger partial charge in [-0.05, 0) is 38.7 Å². The first-order chi connectivity index (χ1) is 10.7. The summed E-state index contributed by atoms with van der Waals surface area (Å²) in [6, 6.07) is 3.69. The summed E-state index contributed by atoms with van der Waals surface area (Å²) >= 11 is 0. The first kappa shape index (κ1) is 15.3. The molecule has 0 radical (unpaired) electrons. The maximum atomic E-state index is 12.6. The fraction of sp³-hybridized carbons (Fsp3) is 0.706. The van der Waals surface area contributed by atoms with Crippen molar-refractivity contribution in [1.29, 1.82) is 0 Å². The lowest BCUT2D eigenvalue weighted by Gasteiger charge is -2.33. The van der Waals surface area contributed by atoms with Gasteiger partial charge in [0.05, 0.1) is 5.69 Å². The van der Waals surface area contributed by atoms with E-state index >= 15 is 0 Å². The normalized spacial score (nSPS) is 19.1. The van der Waals surface area contributed by atoms with E-state index < -0.39 is 0 Å². The lowest BCUT2D eigenvalue weighted by atomic mass is 9.94. The molecular formula is C17H25N3O2. The molecule has 0 spiro atoms. The van der Waals surface area contributed by atoms with Crippen LogP contribution >= 0.6 is 0 Å². The molecule has 0 atom stereocenters. The van der Waals surface area contributed by atoms with Crippen LogP contribution in [0.15, 0.2) is 16.9 Å². The first-order valence-electron chi connectivity index (χ1n) is 8.56. The molecule has 5 heteroatoms. The summed E-state index contributed by atoms with van der Waals surface area (Å²) in [4.78, 5) is 26.5. The third-order valence-corrected chi connectivity index (χ3v) is 4.84. The summed E-state index contributed by atoms with van der Waals surface area (Å²) in [6.07, 6.45) is 8.12. The van der Waals surface area contributed by atoms with Crippen molar-refractivity contribution in [2.75, 3.05) is 6.54 Å². The molecule has 22 heavy (non-hydrogen) atoms. The van der Waals surface area contributed by atoms with Crippen LogP contribution in [0.3, 0.4) is 0 Å². The van der Waals surface area contributed by atoms with E-state index in [1.807, 2.05) is 11.8 Å². The van der Waals surface area contributed by atoms with Crippen molar-refractivity contribution in [2.45, 2.75) is 70.4 Å². The molecule has 2 saturated carbocycles. The number of carbonyl (C=O) groups excluding carboxylic acids is 1. The monoisotopic (exact) mass is 303 g/mol. The van der Waals surface area contributed by atoms with Gasteiger partial charge in [0.2, 0.25) is 5.91 Å². The average molecular weight is 303 g/mol. The van der Waals surface area contributed by atoms with Gasteiger partial charge in [0.15, 0.2) is 0 Å². The van der Waals surface area contributed by atoms with E-state index in [4.69, 9.17) is 0 Å². The second kappa shape index (κ2) is 6.63. The Morgan fingerprint density at radius 1 is 1.23 bits per heavy atom. The summed E-state index contributed by atoms with van der Waals surface area (Å²) < 4.78 is 1.35. The maximum Gasteiger partial charge on any atom is 0.267 e. The summed E-state index contributed by atoms with van der Waals surface area (Å²) in [5.41, 5.74) is 0.769. The van der Waals surface area contributed by atoms with Gasteiger partial charge in [-0.25, -0.2) is 4.68 Å². The van der Waals surface area contributed by atoms with E-state index in [2.05, 4.69) is 5.10 Å². The fourth-order valence-electron chi connectivity index (χ4n) is 3.42. The zero-order valence-electron chi connectivity index (χ0n) is 13.3. The summed E-state index contributed by atoms with van der Waals surface area (Å²) in [7, 11) is 0. The summed E-state index contributed by atoms with van der Waals surface area (Å²) in [6.45, 7) is 2.80. The van der Waals surface area contributed by atoms with Crippen molar-refractivity contribution in [2.24, 2.45) is 0 Å². The van der Waals surface area contributed by atoms with Crippen LogP contribution in [-0.2, 0) is 11.3 Å². The molecule has 3 rings (SSSR count). The molecule has 0 aromatic carbocycles. The molecule has 1 aromatic heterocycles. The van der Waals surface area contributed by atoms with Crippen molar-refractivity contribution in [1.82, 2.24) is 14.7 Å². The van der Waals surface area contributed by atoms with Crippen molar-refractivity contribution in [3.8, 4) is 0 Å². The number of carbonyl (C=O) groups is 1. The van der Waals surface area contributed by atoms with Crippen molar-refractivity contribution >= 4 is 5.91 Å². The molecule has 2 aliphatic rings. The number of rotatable bonds is 5. The number of hydrogen-bond donors (Lipinski definition) is 0. The van der Waals surface area contributed by atoms with E-state index in [9.17, 15) is 9.59 Å². The SMILES string of the molecule is CCN(C(=O)Cn1nc(C2CC2)ccc1=O)C1CCCCC1. The largest absolute Gasteiger partial charge is 0.338 e. The van der Waals surface area contributed by atoms with Crippen LogP contribution in [0.5, 0.6) is 0 Å². The highest BCUT2D eigenvalue weighted by molar-refractivity contribution is 5.76. The molecule has 0 bridgehead atoms. The molecule has 5 nitrogen and oxygen atoms in total. The number of likely N-dealkylation sites (N-methyl/N-ethyl adjacent to an activating group) is 1. The zero-order chi connectivity index (χ0) is 15.5. The Labute approximate surface area is 131 Å². The Balaban J connectivity index is 1.71. The Morgan fingerprint density at radius 2 is 1.95 bits per heavy atom. The van der Waals surface area contributed by atoms with Crippen molar-refractivity contribution in [3.63, 3.8) is 0 Å². The summed E-state index contributed by atoms with van der Waals surface area (Å²) in [5.74, 6) is 0.513. The van der Waals surface area contributed by atoms with Gasteiger partial charge in [-0.15, -0.1) is 0 Å². The number of hydrogen-bond acceptors (Lipinski definition) is 3. The van der Waals surface area contributed by atoms with Crippen LogP contribution in [0.1, 0.15) is 63.5 Å². The van der Waals surface area contributed by atoms with Gasteiger partial charge in [-0.2, -0.15) is 5.10 Å². The van der Waals surface area contributed by atoms with Crippen molar-refractivity contribution < 1.29 is 4.79 Å². The predicted molar refractivity (Wildman–Crippen MR) is 84.7 cm³/mol. The molecule has 120 valence electrons. The minimum Gasteiger partial charge on any atom is -0.338 e. The Morgan fingerprint density at radius 3 is 2.59 bits per heavy atom. The van der Waals surface area contributed by atoms with Gasteiger partial charge in [0, 0.05) is 24.6 Å². The molecule has 2 fully saturated rings. The molecule has 1 aromatic rings. The first-order valence-corrected chi connectivity index (χ1v) is 8.56. The number of aromatic nitrogens is 2. The van der Waals surface area contributed by atoms with Gasteiger partial charge in [-0.3, -0.25) is 9.59 Å². The van der Waals surface area contributed by atoms with E-state index in [1.54, 1.807) is 12.1 Å². The highest BCUT2D eigenvalue weighted by atomic mass is 16.2. The third-order valence-electron chi connectivity index (χ3n) is 4.84. The van der Waals surface area contributed by atoms with Gasteiger partial charge in [0.1, 0.15) is 6.54 Å². The summed E-state index contributed by atoms with van der Waals surface area (Å²) in [5, 5.41) is 4.39. The highest BCUT2D eigenvalue weighted by Crippen LogP contribution is 2.38. The molecule has 1 amide bonds. The van der Waals surface area contributed by atoms with Gasteiger partial charge in [-0.1, -0.05) is 19.3 Å². The third kappa shape index (κ3) is 3.39. The minimum absolute atomic E-state index is 0.0250. The van der Waals surface area contributed by atoms with Crippen LogP contribution in [0.25, 0.3) is 0 Å². The Kier molecular flexibility index (Phi) is 4.60. The molecule has 0 saturated heterocycles. The van der Waals surface area contributed by atoms with Crippen LogP contribution in [-0.4, -0.2) is 33.2 Å². The second-order valence-electron chi connectivity index (χ2n) is 6.50. The standard InChI is InChI=1S/C17H25N3O2/c1-2-19(14-6-4-3-5-7-14)17(22)12-20-16(21)11-10-15(18-20)13-8-9-13/h10-11,13-14H,2-9,12H2,1H3.